The lowest BCUT2D eigenvalue weighted by molar-refractivity contribution is 0.105. The van der Waals surface area contributed by atoms with Gasteiger partial charge < -0.3 is 5.11 Å². The largest absolute Gasteiger partial charge is 0.388 e. The van der Waals surface area contributed by atoms with Crippen molar-refractivity contribution < 1.29 is 5.11 Å². The van der Waals surface area contributed by atoms with E-state index in [4.69, 9.17) is 0 Å². The first-order chi connectivity index (χ1) is 6.41. The van der Waals surface area contributed by atoms with E-state index in [1.165, 1.54) is 0 Å². The van der Waals surface area contributed by atoms with Gasteiger partial charge in [0.15, 0.2) is 0 Å². The Bertz CT molecular complexity index is 204. The van der Waals surface area contributed by atoms with Crippen LogP contribution in [-0.4, -0.2) is 23.2 Å². The summed E-state index contributed by atoms with van der Waals surface area (Å²) in [7, 11) is 0. The van der Waals surface area contributed by atoms with E-state index >= 15 is 0 Å². The van der Waals surface area contributed by atoms with Crippen LogP contribution in [0, 0.1) is 5.41 Å². The van der Waals surface area contributed by atoms with E-state index in [2.05, 4.69) is 6.58 Å². The summed E-state index contributed by atoms with van der Waals surface area (Å²) in [6.07, 6.45) is 5.44. The maximum atomic E-state index is 9.86. The van der Waals surface area contributed by atoms with Gasteiger partial charge in [-0.25, -0.2) is 0 Å². The van der Waals surface area contributed by atoms with Gasteiger partial charge in [-0.05, 0) is 17.7 Å². The van der Waals surface area contributed by atoms with Crippen molar-refractivity contribution in [3.63, 3.8) is 0 Å². The number of hydrogen-bond donors (Lipinski definition) is 1. The lowest BCUT2D eigenvalue weighted by atomic mass is 9.89. The highest BCUT2D eigenvalue weighted by Gasteiger charge is 2.20. The van der Waals surface area contributed by atoms with Crippen LogP contribution in [0.15, 0.2) is 23.0 Å². The summed E-state index contributed by atoms with van der Waals surface area (Å²) in [5.74, 6) is 0.892. The normalized spacial score (nSPS) is 15.4. The van der Waals surface area contributed by atoms with E-state index in [1.54, 1.807) is 23.5 Å². The van der Waals surface area contributed by atoms with Crippen molar-refractivity contribution in [2.75, 3.05) is 12.0 Å². The van der Waals surface area contributed by atoms with Gasteiger partial charge >= 0.3 is 0 Å². The van der Waals surface area contributed by atoms with Crippen molar-refractivity contribution in [3.8, 4) is 0 Å². The molecule has 0 aliphatic carbocycles. The highest BCUT2D eigenvalue weighted by Crippen LogP contribution is 2.30. The molecule has 1 N–H and O–H groups in total. The summed E-state index contributed by atoms with van der Waals surface area (Å²) in [4.78, 5) is 0. The Morgan fingerprint density at radius 3 is 2.43 bits per heavy atom. The van der Waals surface area contributed by atoms with Crippen LogP contribution in [0.1, 0.15) is 20.8 Å². The fourth-order valence-corrected chi connectivity index (χ4v) is 2.14. The molecule has 1 atom stereocenters. The molecule has 0 fully saturated rings. The zero-order valence-corrected chi connectivity index (χ0v) is 11.0. The molecular weight excluding hydrogens is 212 g/mol. The third-order valence-corrected chi connectivity index (χ3v) is 3.94. The van der Waals surface area contributed by atoms with Crippen LogP contribution in [0.4, 0.5) is 0 Å². The van der Waals surface area contributed by atoms with Crippen LogP contribution in [0.25, 0.3) is 0 Å². The second-order valence-electron chi connectivity index (χ2n) is 4.10. The topological polar surface area (TPSA) is 20.2 Å². The summed E-state index contributed by atoms with van der Waals surface area (Å²) < 4.78 is 1.16. The van der Waals surface area contributed by atoms with Crippen LogP contribution >= 0.6 is 23.5 Å². The molecule has 0 radical (unpaired) electrons. The van der Waals surface area contributed by atoms with Crippen LogP contribution in [-0.2, 0) is 0 Å². The molecule has 0 aromatic carbocycles. The predicted octanol–water partition coefficient (Wildman–Crippen LogP) is 3.52. The van der Waals surface area contributed by atoms with Crippen molar-refractivity contribution in [1.82, 2.24) is 0 Å². The van der Waals surface area contributed by atoms with Gasteiger partial charge in [-0.3, -0.25) is 0 Å². The van der Waals surface area contributed by atoms with Crippen LogP contribution < -0.4 is 0 Å². The van der Waals surface area contributed by atoms with Crippen LogP contribution in [0.5, 0.6) is 0 Å². The Morgan fingerprint density at radius 1 is 1.50 bits per heavy atom. The smallest absolute Gasteiger partial charge is 0.0787 e. The van der Waals surface area contributed by atoms with Gasteiger partial charge in [0.05, 0.1) is 6.10 Å². The molecule has 0 spiro atoms. The average molecular weight is 232 g/mol. The molecule has 0 rings (SSSR count). The van der Waals surface area contributed by atoms with Crippen LogP contribution in [0.3, 0.4) is 0 Å². The fourth-order valence-electron chi connectivity index (χ4n) is 0.695. The molecule has 0 aliphatic rings. The third-order valence-electron chi connectivity index (χ3n) is 1.73. The van der Waals surface area contributed by atoms with Gasteiger partial charge in [0.25, 0.3) is 0 Å². The van der Waals surface area contributed by atoms with Gasteiger partial charge in [0.2, 0.25) is 0 Å². The summed E-state index contributed by atoms with van der Waals surface area (Å²) >= 11 is 3.38. The molecule has 0 heterocycles. The molecule has 0 saturated heterocycles. The molecule has 14 heavy (non-hydrogen) atoms. The monoisotopic (exact) mass is 232 g/mol. The lowest BCUT2D eigenvalue weighted by Crippen LogP contribution is -2.23. The van der Waals surface area contributed by atoms with Gasteiger partial charge in [-0.2, -0.15) is 0 Å². The van der Waals surface area contributed by atoms with Gasteiger partial charge in [-0.1, -0.05) is 26.8 Å². The Morgan fingerprint density at radius 2 is 2.07 bits per heavy atom. The van der Waals surface area contributed by atoms with E-state index in [-0.39, 0.29) is 11.5 Å². The first-order valence-corrected chi connectivity index (χ1v) is 6.80. The fraction of sp³-hybridized carbons (Fsp3) is 0.636. The highest BCUT2D eigenvalue weighted by molar-refractivity contribution is 8.22. The van der Waals surface area contributed by atoms with E-state index in [1.807, 2.05) is 39.2 Å². The summed E-state index contributed by atoms with van der Waals surface area (Å²) in [6, 6.07) is 0. The summed E-state index contributed by atoms with van der Waals surface area (Å²) in [6.45, 7) is 9.77. The van der Waals surface area contributed by atoms with Crippen molar-refractivity contribution in [2.45, 2.75) is 26.9 Å². The van der Waals surface area contributed by atoms with Crippen LogP contribution in [0.2, 0.25) is 0 Å². The second-order valence-corrected chi connectivity index (χ2v) is 6.27. The Labute approximate surface area is 96.0 Å². The first kappa shape index (κ1) is 14.1. The van der Waals surface area contributed by atoms with E-state index in [9.17, 15) is 5.11 Å². The molecule has 0 aromatic rings. The Kier molecular flexibility index (Phi) is 6.66. The van der Waals surface area contributed by atoms with Crippen molar-refractivity contribution in [1.29, 1.82) is 0 Å². The minimum Gasteiger partial charge on any atom is -0.388 e. The van der Waals surface area contributed by atoms with E-state index in [0.717, 1.165) is 9.99 Å². The van der Waals surface area contributed by atoms with Crippen molar-refractivity contribution in [2.24, 2.45) is 5.41 Å². The molecule has 0 aliphatic heterocycles. The Balaban J connectivity index is 4.34. The number of aliphatic hydroxyl groups excluding tert-OH is 1. The molecule has 0 amide bonds. The molecule has 3 heteroatoms. The number of aliphatic hydroxyl groups is 1. The highest BCUT2D eigenvalue weighted by atomic mass is 32.2. The molecule has 0 saturated carbocycles. The van der Waals surface area contributed by atoms with Gasteiger partial charge in [0.1, 0.15) is 0 Å². The van der Waals surface area contributed by atoms with E-state index < -0.39 is 0 Å². The minimum absolute atomic E-state index is 0.0876. The van der Waals surface area contributed by atoms with Crippen molar-refractivity contribution in [3.05, 3.63) is 23.0 Å². The van der Waals surface area contributed by atoms with Gasteiger partial charge in [-0.15, -0.1) is 30.1 Å². The lowest BCUT2D eigenvalue weighted by Gasteiger charge is -2.23. The van der Waals surface area contributed by atoms with Gasteiger partial charge in [0, 0.05) is 9.99 Å². The first-order valence-electron chi connectivity index (χ1n) is 4.59. The standard InChI is InChI=1S/C11H20OS2/c1-6-7-14-10(13-5)8-9(12)11(2,3)4/h6,8-9,12H,1,7H2,2-5H3/b10-8-. The quantitative estimate of drug-likeness (QED) is 0.732. The van der Waals surface area contributed by atoms with E-state index in [0.29, 0.717) is 0 Å². The Hall–Kier alpha value is 0.140. The maximum absolute atomic E-state index is 9.86. The molecule has 1 nitrogen and oxygen atoms in total. The number of thioether (sulfide) groups is 2. The third kappa shape index (κ3) is 5.78. The van der Waals surface area contributed by atoms with Crippen molar-refractivity contribution >= 4 is 23.5 Å². The zero-order chi connectivity index (χ0) is 11.2. The number of hydrogen-bond acceptors (Lipinski definition) is 3. The molecule has 0 bridgehead atoms. The predicted molar refractivity (Wildman–Crippen MR) is 69.7 cm³/mol. The molecule has 82 valence electrons. The number of rotatable bonds is 5. The maximum Gasteiger partial charge on any atom is 0.0787 e. The second kappa shape index (κ2) is 6.59. The molecular formula is C11H20OS2. The molecule has 1 unspecified atom stereocenters. The minimum atomic E-state index is -0.387. The average Bonchev–Trinajstić information content (AvgIpc) is 2.10. The zero-order valence-electron chi connectivity index (χ0n) is 9.41. The summed E-state index contributed by atoms with van der Waals surface area (Å²) in [5, 5.41) is 9.86. The molecule has 0 aromatic heterocycles. The SMILES string of the molecule is C=CCS/C(=C\C(O)C(C)(C)C)SC. The summed E-state index contributed by atoms with van der Waals surface area (Å²) in [5.41, 5.74) is -0.0876.